The lowest BCUT2D eigenvalue weighted by Crippen LogP contribution is -2.33. The second-order valence-corrected chi connectivity index (χ2v) is 6.32. The van der Waals surface area contributed by atoms with E-state index in [1.54, 1.807) is 14.2 Å². The maximum atomic E-state index is 5.93. The topological polar surface area (TPSA) is 44.5 Å². The summed E-state index contributed by atoms with van der Waals surface area (Å²) >= 11 is 5.93. The molecule has 0 atom stereocenters. The summed E-state index contributed by atoms with van der Waals surface area (Å²) in [4.78, 5) is 0. The lowest BCUT2D eigenvalue weighted by atomic mass is 10.5. The van der Waals surface area contributed by atoms with Crippen LogP contribution in [0.1, 0.15) is 6.42 Å². The van der Waals surface area contributed by atoms with Crippen molar-refractivity contribution in [2.45, 2.75) is 12.5 Å². The lowest BCUT2D eigenvalue weighted by molar-refractivity contribution is 0.265. The summed E-state index contributed by atoms with van der Waals surface area (Å²) in [7, 11) is 0.811. The number of hydrogen-bond acceptors (Lipinski definition) is 3. The molecule has 0 aliphatic carbocycles. The van der Waals surface area contributed by atoms with E-state index < -0.39 is 7.87 Å². The van der Waals surface area contributed by atoms with Gasteiger partial charge in [0.1, 0.15) is 0 Å². The summed E-state index contributed by atoms with van der Waals surface area (Å²) in [5.41, 5.74) is 5.30. The van der Waals surface area contributed by atoms with Gasteiger partial charge in [0.25, 0.3) is 0 Å². The zero-order valence-electron chi connectivity index (χ0n) is 6.39. The molecule has 0 amide bonds. The Morgan fingerprint density at radius 2 is 1.90 bits per heavy atom. The van der Waals surface area contributed by atoms with Crippen molar-refractivity contribution in [3.8, 4) is 0 Å². The van der Waals surface area contributed by atoms with E-state index in [1.165, 1.54) is 0 Å². The summed E-state index contributed by atoms with van der Waals surface area (Å²) in [5, 5.41) is 0. The molecule has 2 N–H and O–H groups in total. The highest BCUT2D eigenvalue weighted by Crippen LogP contribution is 2.17. The highest BCUT2D eigenvalue weighted by Gasteiger charge is 2.31. The van der Waals surface area contributed by atoms with Gasteiger partial charge in [-0.15, -0.1) is 0 Å². The molecule has 0 unspecified atom stereocenters. The molecule has 0 rings (SSSR count). The van der Waals surface area contributed by atoms with E-state index in [2.05, 4.69) is 0 Å². The van der Waals surface area contributed by atoms with Gasteiger partial charge in [-0.1, -0.05) is 11.1 Å². The molecule has 10 heavy (non-hydrogen) atoms. The van der Waals surface area contributed by atoms with Gasteiger partial charge in [-0.3, -0.25) is 0 Å². The van der Waals surface area contributed by atoms with Crippen molar-refractivity contribution in [2.75, 3.05) is 20.8 Å². The van der Waals surface area contributed by atoms with Gasteiger partial charge in [-0.2, -0.15) is 0 Å². The molecule has 0 fully saturated rings. The predicted octanol–water partition coefficient (Wildman–Crippen LogP) is 0.806. The van der Waals surface area contributed by atoms with Crippen LogP contribution in [0, 0.1) is 0 Å². The lowest BCUT2D eigenvalue weighted by Gasteiger charge is -2.18. The number of hydrogen-bond donors (Lipinski definition) is 1. The van der Waals surface area contributed by atoms with Crippen LogP contribution in [0.5, 0.6) is 0 Å². The summed E-state index contributed by atoms with van der Waals surface area (Å²) in [6.45, 7) is 0.633. The molecule has 0 spiro atoms. The van der Waals surface area contributed by atoms with Crippen molar-refractivity contribution in [2.24, 2.45) is 5.73 Å². The smallest absolute Gasteiger partial charge is 0.386 e. The molecule has 0 aromatic carbocycles. The molecule has 62 valence electrons. The minimum absolute atomic E-state index is 0.633. The second kappa shape index (κ2) is 5.09. The largest absolute Gasteiger partial charge is 0.442 e. The maximum Gasteiger partial charge on any atom is 0.442 e. The van der Waals surface area contributed by atoms with Gasteiger partial charge in [-0.05, 0) is 13.0 Å². The molecular weight excluding hydrogens is 170 g/mol. The highest BCUT2D eigenvalue weighted by atomic mass is 35.6. The summed E-state index contributed by atoms with van der Waals surface area (Å²) < 4.78 is 10.0. The monoisotopic (exact) mass is 183 g/mol. The summed E-state index contributed by atoms with van der Waals surface area (Å²) in [5.74, 6) is 0. The van der Waals surface area contributed by atoms with Crippen molar-refractivity contribution in [1.82, 2.24) is 0 Å². The van der Waals surface area contributed by atoms with Crippen molar-refractivity contribution in [3.05, 3.63) is 0 Å². The van der Waals surface area contributed by atoms with E-state index in [1.807, 2.05) is 0 Å². The molecule has 0 bridgehead atoms. The Morgan fingerprint density at radius 3 is 2.20 bits per heavy atom. The second-order valence-electron chi connectivity index (χ2n) is 1.96. The number of rotatable bonds is 5. The zero-order chi connectivity index (χ0) is 8.04. The van der Waals surface area contributed by atoms with Gasteiger partial charge in [0.2, 0.25) is 0 Å². The third kappa shape index (κ3) is 3.53. The minimum atomic E-state index is -2.33. The molecule has 5 heteroatoms. The third-order valence-electron chi connectivity index (χ3n) is 1.29. The van der Waals surface area contributed by atoms with Crippen LogP contribution in [-0.4, -0.2) is 28.6 Å². The Bertz CT molecular complexity index is 89.7. The van der Waals surface area contributed by atoms with E-state index in [4.69, 9.17) is 25.7 Å². The summed E-state index contributed by atoms with van der Waals surface area (Å²) in [6, 6.07) is 0.748. The molecule has 0 aliphatic rings. The molecule has 0 aliphatic heterocycles. The first-order chi connectivity index (χ1) is 4.68. The first-order valence-electron chi connectivity index (χ1n) is 3.18. The highest BCUT2D eigenvalue weighted by molar-refractivity contribution is 7.12. The van der Waals surface area contributed by atoms with Crippen LogP contribution in [-0.2, 0) is 8.85 Å². The van der Waals surface area contributed by atoms with Crippen molar-refractivity contribution in [1.29, 1.82) is 0 Å². The Morgan fingerprint density at radius 1 is 1.40 bits per heavy atom. The van der Waals surface area contributed by atoms with Crippen LogP contribution >= 0.6 is 11.1 Å². The fourth-order valence-electron chi connectivity index (χ4n) is 0.601. The average molecular weight is 184 g/mol. The zero-order valence-corrected chi connectivity index (χ0v) is 8.15. The molecule has 0 aromatic rings. The minimum Gasteiger partial charge on any atom is -0.386 e. The standard InChI is InChI=1S/C5H14ClNO2Si/c1-8-10(6,9-2)5-3-4-7/h3-5,7H2,1-2H3. The van der Waals surface area contributed by atoms with Crippen molar-refractivity contribution < 1.29 is 8.85 Å². The van der Waals surface area contributed by atoms with Gasteiger partial charge in [0.15, 0.2) is 0 Å². The van der Waals surface area contributed by atoms with Crippen LogP contribution < -0.4 is 5.73 Å². The Hall–Kier alpha value is 0.387. The Labute approximate surface area is 67.4 Å². The van der Waals surface area contributed by atoms with E-state index >= 15 is 0 Å². The molecule has 0 radical (unpaired) electrons. The average Bonchev–Trinajstić information content (AvgIpc) is 2.00. The normalized spacial score (nSPS) is 12.0. The van der Waals surface area contributed by atoms with Crippen molar-refractivity contribution in [3.63, 3.8) is 0 Å². The maximum absolute atomic E-state index is 5.93. The SMILES string of the molecule is CO[Si](Cl)(CCCN)OC. The predicted molar refractivity (Wildman–Crippen MR) is 44.1 cm³/mol. The summed E-state index contributed by atoms with van der Waals surface area (Å²) in [6.07, 6.45) is 0.859. The number of halogens is 1. The van der Waals surface area contributed by atoms with Crippen LogP contribution in [0.4, 0.5) is 0 Å². The molecule has 0 saturated heterocycles. The van der Waals surface area contributed by atoms with Crippen molar-refractivity contribution >= 4 is 18.9 Å². The van der Waals surface area contributed by atoms with Gasteiger partial charge >= 0.3 is 7.87 Å². The Kier molecular flexibility index (Phi) is 5.29. The van der Waals surface area contributed by atoms with E-state index in [9.17, 15) is 0 Å². The molecule has 3 nitrogen and oxygen atoms in total. The number of nitrogens with two attached hydrogens (primary N) is 1. The fourth-order valence-corrected chi connectivity index (χ4v) is 2.20. The van der Waals surface area contributed by atoms with Crippen LogP contribution in [0.25, 0.3) is 0 Å². The van der Waals surface area contributed by atoms with Gasteiger partial charge in [-0.25, -0.2) is 0 Å². The van der Waals surface area contributed by atoms with Gasteiger partial charge in [0.05, 0.1) is 0 Å². The van der Waals surface area contributed by atoms with Gasteiger partial charge < -0.3 is 14.6 Å². The first kappa shape index (κ1) is 10.4. The first-order valence-corrected chi connectivity index (χ1v) is 6.21. The molecule has 0 heterocycles. The van der Waals surface area contributed by atoms with E-state index in [-0.39, 0.29) is 0 Å². The molecule has 0 saturated carbocycles. The fraction of sp³-hybridized carbons (Fsp3) is 1.00. The van der Waals surface area contributed by atoms with Crippen LogP contribution in [0.2, 0.25) is 6.04 Å². The Balaban J connectivity index is 3.58. The van der Waals surface area contributed by atoms with Crippen LogP contribution in [0.15, 0.2) is 0 Å². The third-order valence-corrected chi connectivity index (χ3v) is 4.95. The quantitative estimate of drug-likeness (QED) is 0.507. The van der Waals surface area contributed by atoms with Gasteiger partial charge in [0, 0.05) is 20.3 Å². The van der Waals surface area contributed by atoms with E-state index in [0.717, 1.165) is 12.5 Å². The van der Waals surface area contributed by atoms with E-state index in [0.29, 0.717) is 6.54 Å². The van der Waals surface area contributed by atoms with Crippen LogP contribution in [0.3, 0.4) is 0 Å². The molecule has 0 aromatic heterocycles. The molecular formula is C5H14ClNO2Si.